The molecule has 3 amide bonds. The van der Waals surface area contributed by atoms with Crippen LogP contribution >= 0.6 is 11.3 Å². The van der Waals surface area contributed by atoms with E-state index >= 15 is 0 Å². The molecule has 18 heteroatoms. The fourth-order valence-electron chi connectivity index (χ4n) is 4.52. The van der Waals surface area contributed by atoms with Crippen LogP contribution in [0.4, 0.5) is 23.8 Å². The van der Waals surface area contributed by atoms with E-state index in [2.05, 4.69) is 40.7 Å². The highest BCUT2D eigenvalue weighted by Crippen LogP contribution is 2.43. The number of thiazole rings is 1. The van der Waals surface area contributed by atoms with Crippen molar-refractivity contribution in [2.75, 3.05) is 58.2 Å². The lowest BCUT2D eigenvalue weighted by atomic mass is 9.97. The topological polar surface area (TPSA) is 190 Å². The number of piperazine rings is 1. The quantitative estimate of drug-likeness (QED) is 0.217. The molecule has 0 aromatic carbocycles. The maximum absolute atomic E-state index is 14.2. The molecule has 0 spiro atoms. The highest BCUT2D eigenvalue weighted by molar-refractivity contribution is 7.17. The van der Waals surface area contributed by atoms with Crippen molar-refractivity contribution in [2.24, 2.45) is 0 Å². The molecule has 5 N–H and O–H groups in total. The van der Waals surface area contributed by atoms with E-state index in [-0.39, 0.29) is 29.8 Å². The van der Waals surface area contributed by atoms with Gasteiger partial charge in [0.2, 0.25) is 0 Å². The Labute approximate surface area is 258 Å². The van der Waals surface area contributed by atoms with Gasteiger partial charge in [-0.1, -0.05) is 0 Å². The van der Waals surface area contributed by atoms with Crippen molar-refractivity contribution in [1.29, 1.82) is 0 Å². The van der Waals surface area contributed by atoms with Crippen LogP contribution in [0, 0.1) is 0 Å². The zero-order valence-electron chi connectivity index (χ0n) is 24.1. The number of hydrogen-bond donors (Lipinski definition) is 5. The second-order valence-electron chi connectivity index (χ2n) is 9.92. The number of likely N-dealkylation sites (N-methyl/N-ethyl adjacent to an activating group) is 1. The van der Waals surface area contributed by atoms with Crippen LogP contribution in [0.2, 0.25) is 0 Å². The number of nitrogens with one attached hydrogen (secondary N) is 3. The van der Waals surface area contributed by atoms with Gasteiger partial charge in [-0.05, 0) is 20.0 Å². The fourth-order valence-corrected chi connectivity index (χ4v) is 5.59. The van der Waals surface area contributed by atoms with Crippen molar-refractivity contribution < 1.29 is 42.6 Å². The molecule has 4 rings (SSSR count). The van der Waals surface area contributed by atoms with Gasteiger partial charge < -0.3 is 25.7 Å². The molecule has 1 fully saturated rings. The van der Waals surface area contributed by atoms with Gasteiger partial charge in [-0.2, -0.15) is 13.2 Å². The van der Waals surface area contributed by atoms with Gasteiger partial charge in [0, 0.05) is 81.1 Å². The minimum absolute atomic E-state index is 0.00797. The largest absolute Gasteiger partial charge is 0.478 e. The molecule has 0 saturated carbocycles. The van der Waals surface area contributed by atoms with Crippen molar-refractivity contribution >= 4 is 41.0 Å². The molecule has 1 aliphatic heterocycles. The van der Waals surface area contributed by atoms with Crippen molar-refractivity contribution in [3.05, 3.63) is 46.4 Å². The number of aromatic carboxylic acids is 2. The van der Waals surface area contributed by atoms with Gasteiger partial charge >= 0.3 is 24.1 Å². The summed E-state index contributed by atoms with van der Waals surface area (Å²) in [5, 5.41) is 26.3. The Bertz CT molecular complexity index is 1610. The molecule has 1 saturated heterocycles. The molecule has 0 radical (unpaired) electrons. The fraction of sp³-hybridized carbons (Fsp3) is 0.370. The molecule has 0 bridgehead atoms. The Balaban J connectivity index is 1.83. The van der Waals surface area contributed by atoms with E-state index in [1.807, 2.05) is 7.05 Å². The predicted octanol–water partition coefficient (Wildman–Crippen LogP) is 2.80. The van der Waals surface area contributed by atoms with Crippen LogP contribution in [0.5, 0.6) is 0 Å². The number of carbonyl (C=O) groups excluding carboxylic acids is 2. The van der Waals surface area contributed by atoms with Crippen molar-refractivity contribution in [3.63, 3.8) is 0 Å². The Kier molecular flexibility index (Phi) is 10.3. The van der Waals surface area contributed by atoms with Crippen molar-refractivity contribution in [3.8, 4) is 21.7 Å². The highest BCUT2D eigenvalue weighted by Gasteiger charge is 2.41. The Morgan fingerprint density at radius 1 is 1.02 bits per heavy atom. The van der Waals surface area contributed by atoms with Crippen LogP contribution in [0.3, 0.4) is 0 Å². The van der Waals surface area contributed by atoms with Gasteiger partial charge in [-0.15, -0.1) is 11.3 Å². The maximum Gasteiger partial charge on any atom is 0.435 e. The van der Waals surface area contributed by atoms with Crippen molar-refractivity contribution in [2.45, 2.75) is 13.1 Å². The SMILES string of the molecule is CCNC(=O)Nc1ncc(-c2cncc(C(=O)O)c2)c(-c2nc(C(F)(F)F)c(C(=O)NCCN3CCN(C)CC3)s2)c1C(=O)O. The third-order valence-electron chi connectivity index (χ3n) is 6.78. The average molecular weight is 651 g/mol. The molecular formula is C27H29F3N8O6S. The summed E-state index contributed by atoms with van der Waals surface area (Å²) in [5.41, 5.74) is -3.14. The first kappa shape index (κ1) is 33.2. The molecule has 0 atom stereocenters. The van der Waals surface area contributed by atoms with E-state index in [4.69, 9.17) is 0 Å². The van der Waals surface area contributed by atoms with Gasteiger partial charge in [0.1, 0.15) is 21.3 Å². The van der Waals surface area contributed by atoms with E-state index in [0.29, 0.717) is 17.9 Å². The smallest absolute Gasteiger partial charge is 0.435 e. The molecule has 45 heavy (non-hydrogen) atoms. The normalized spacial score (nSPS) is 14.2. The second-order valence-corrected chi connectivity index (χ2v) is 10.9. The molecule has 3 aromatic heterocycles. The van der Waals surface area contributed by atoms with Crippen LogP contribution in [0.1, 0.15) is 43.0 Å². The number of carbonyl (C=O) groups is 4. The minimum atomic E-state index is -5.09. The molecule has 240 valence electrons. The lowest BCUT2D eigenvalue weighted by Gasteiger charge is -2.32. The number of nitrogens with zero attached hydrogens (tertiary/aromatic N) is 5. The van der Waals surface area contributed by atoms with Gasteiger partial charge in [-0.3, -0.25) is 20.0 Å². The Hall–Kier alpha value is -4.68. The third kappa shape index (κ3) is 7.89. The van der Waals surface area contributed by atoms with E-state index < -0.39 is 62.6 Å². The lowest BCUT2D eigenvalue weighted by molar-refractivity contribution is -0.141. The number of pyridine rings is 2. The highest BCUT2D eigenvalue weighted by atomic mass is 32.1. The van der Waals surface area contributed by atoms with Crippen LogP contribution in [-0.4, -0.2) is 112 Å². The molecule has 0 aliphatic carbocycles. The monoisotopic (exact) mass is 650 g/mol. The summed E-state index contributed by atoms with van der Waals surface area (Å²) in [4.78, 5) is 64.5. The van der Waals surface area contributed by atoms with Gasteiger partial charge in [-0.25, -0.2) is 24.4 Å². The summed E-state index contributed by atoms with van der Waals surface area (Å²) in [6.45, 7) is 5.33. The number of urea groups is 1. The Morgan fingerprint density at radius 3 is 2.36 bits per heavy atom. The first-order chi connectivity index (χ1) is 21.3. The van der Waals surface area contributed by atoms with Gasteiger partial charge in [0.05, 0.1) is 5.56 Å². The van der Waals surface area contributed by atoms with Crippen LogP contribution in [0.15, 0.2) is 24.7 Å². The number of rotatable bonds is 10. The molecule has 0 unspecified atom stereocenters. The zero-order valence-corrected chi connectivity index (χ0v) is 24.9. The number of amides is 3. The average Bonchev–Trinajstić information content (AvgIpc) is 3.44. The number of alkyl halides is 3. The van der Waals surface area contributed by atoms with Gasteiger partial charge in [0.15, 0.2) is 5.69 Å². The second kappa shape index (κ2) is 14.0. The van der Waals surface area contributed by atoms with Crippen LogP contribution < -0.4 is 16.0 Å². The summed E-state index contributed by atoms with van der Waals surface area (Å²) in [6, 6.07) is 0.291. The molecule has 4 heterocycles. The summed E-state index contributed by atoms with van der Waals surface area (Å²) in [7, 11) is 1.97. The van der Waals surface area contributed by atoms with E-state index in [1.54, 1.807) is 6.92 Å². The Morgan fingerprint density at radius 2 is 1.73 bits per heavy atom. The number of carboxylic acid groups (broad SMARTS) is 2. The molecule has 14 nitrogen and oxygen atoms in total. The number of aromatic nitrogens is 3. The van der Waals surface area contributed by atoms with E-state index in [9.17, 15) is 42.6 Å². The molecule has 3 aromatic rings. The molecule has 1 aliphatic rings. The zero-order chi connectivity index (χ0) is 32.9. The predicted molar refractivity (Wildman–Crippen MR) is 156 cm³/mol. The summed E-state index contributed by atoms with van der Waals surface area (Å²) in [5.74, 6) is -4.62. The summed E-state index contributed by atoms with van der Waals surface area (Å²) in [6.07, 6.45) is -1.85. The lowest BCUT2D eigenvalue weighted by Crippen LogP contribution is -2.46. The number of hydrogen-bond acceptors (Lipinski definition) is 10. The molecular weight excluding hydrogens is 621 g/mol. The first-order valence-electron chi connectivity index (χ1n) is 13.6. The summed E-state index contributed by atoms with van der Waals surface area (Å²) < 4.78 is 42.7. The first-order valence-corrected chi connectivity index (χ1v) is 14.4. The summed E-state index contributed by atoms with van der Waals surface area (Å²) >= 11 is 0.303. The maximum atomic E-state index is 14.2. The van der Waals surface area contributed by atoms with E-state index in [0.717, 1.165) is 44.6 Å². The van der Waals surface area contributed by atoms with Crippen LogP contribution in [-0.2, 0) is 6.18 Å². The third-order valence-corrected chi connectivity index (χ3v) is 7.86. The number of halogens is 3. The standard InChI is InChI=1S/C27H29F3N8O6S/c1-3-32-26(44)36-21-18(25(42)43)17(16(13-34-21)14-10-15(24(40)41)12-31-11-14)23-35-20(27(28,29)30)19(45-23)22(39)33-4-5-38-8-6-37(2)7-9-38/h10-13H,3-9H2,1-2H3,(H,33,39)(H,40,41)(H,42,43)(H2,32,34,36,44). The number of carboxylic acids is 2. The van der Waals surface area contributed by atoms with Gasteiger partial charge in [0.25, 0.3) is 5.91 Å². The number of anilines is 1. The van der Waals surface area contributed by atoms with Crippen molar-refractivity contribution in [1.82, 2.24) is 35.4 Å². The van der Waals surface area contributed by atoms with Crippen LogP contribution in [0.25, 0.3) is 21.7 Å². The minimum Gasteiger partial charge on any atom is -0.478 e. The van der Waals surface area contributed by atoms with E-state index in [1.165, 1.54) is 6.20 Å².